The Hall–Kier alpha value is -7.56. The standard InChI is InChI=1S/C53H36N4/c1-35-14-5-6-19-42(35)37-28-26-36(27-29-37)39-17-13-18-40(32-39)48-34-47(38-15-3-2-4-16-38)54-53(55-48)57-51-25-12-9-22-45(51)46-33-41(30-31-52(46)57)56-49-23-10-7-20-43(49)44-21-8-11-24-50(44)56/h2-34H,1H3. The molecule has 268 valence electrons. The van der Waals surface area contributed by atoms with Gasteiger partial charge in [0.2, 0.25) is 5.95 Å². The maximum Gasteiger partial charge on any atom is 0.235 e. The van der Waals surface area contributed by atoms with Gasteiger partial charge in [-0.15, -0.1) is 0 Å². The number of aromatic nitrogens is 4. The van der Waals surface area contributed by atoms with Crippen LogP contribution in [0.1, 0.15) is 5.56 Å². The third-order valence-electron chi connectivity index (χ3n) is 11.3. The van der Waals surface area contributed by atoms with E-state index in [1.54, 1.807) is 0 Å². The topological polar surface area (TPSA) is 35.6 Å². The fraction of sp³-hybridized carbons (Fsp3) is 0.0189. The van der Waals surface area contributed by atoms with E-state index in [1.165, 1.54) is 38.5 Å². The molecule has 0 saturated carbocycles. The highest BCUT2D eigenvalue weighted by molar-refractivity contribution is 6.12. The van der Waals surface area contributed by atoms with Crippen LogP contribution in [0.2, 0.25) is 0 Å². The summed E-state index contributed by atoms with van der Waals surface area (Å²) in [7, 11) is 0. The second-order valence-electron chi connectivity index (χ2n) is 14.7. The molecule has 0 aliphatic carbocycles. The van der Waals surface area contributed by atoms with Crippen molar-refractivity contribution in [2.45, 2.75) is 6.92 Å². The van der Waals surface area contributed by atoms with Gasteiger partial charge in [-0.2, -0.15) is 0 Å². The zero-order chi connectivity index (χ0) is 37.9. The number of nitrogens with zero attached hydrogens (tertiary/aromatic N) is 4. The quantitative estimate of drug-likeness (QED) is 0.171. The molecule has 0 fully saturated rings. The van der Waals surface area contributed by atoms with Crippen LogP contribution in [0, 0.1) is 6.92 Å². The number of para-hydroxylation sites is 3. The number of rotatable bonds is 6. The zero-order valence-electron chi connectivity index (χ0n) is 31.3. The van der Waals surface area contributed by atoms with Crippen LogP contribution in [0.3, 0.4) is 0 Å². The number of fused-ring (bicyclic) bond motifs is 6. The first-order chi connectivity index (χ1) is 28.2. The van der Waals surface area contributed by atoms with Crippen LogP contribution in [-0.4, -0.2) is 19.1 Å². The van der Waals surface area contributed by atoms with E-state index in [4.69, 9.17) is 9.97 Å². The molecule has 11 aromatic rings. The predicted octanol–water partition coefficient (Wildman–Crippen LogP) is 13.6. The van der Waals surface area contributed by atoms with E-state index >= 15 is 0 Å². The Bertz CT molecular complexity index is 3240. The number of aryl methyl sites for hydroxylation is 1. The van der Waals surface area contributed by atoms with Crippen molar-refractivity contribution in [3.63, 3.8) is 0 Å². The second kappa shape index (κ2) is 13.3. The van der Waals surface area contributed by atoms with Gasteiger partial charge in [-0.3, -0.25) is 4.57 Å². The predicted molar refractivity (Wildman–Crippen MR) is 237 cm³/mol. The van der Waals surface area contributed by atoms with E-state index in [1.807, 2.05) is 6.07 Å². The minimum absolute atomic E-state index is 0.634. The molecular weight excluding hydrogens is 693 g/mol. The summed E-state index contributed by atoms with van der Waals surface area (Å²) in [6.45, 7) is 2.16. The van der Waals surface area contributed by atoms with Gasteiger partial charge in [0.25, 0.3) is 0 Å². The minimum Gasteiger partial charge on any atom is -0.309 e. The van der Waals surface area contributed by atoms with Gasteiger partial charge in [0, 0.05) is 38.4 Å². The average Bonchev–Trinajstić information content (AvgIpc) is 3.79. The van der Waals surface area contributed by atoms with Crippen molar-refractivity contribution < 1.29 is 0 Å². The molecule has 3 heterocycles. The first-order valence-corrected chi connectivity index (χ1v) is 19.4. The van der Waals surface area contributed by atoms with Crippen LogP contribution in [-0.2, 0) is 0 Å². The Morgan fingerprint density at radius 1 is 0.333 bits per heavy atom. The van der Waals surface area contributed by atoms with Crippen molar-refractivity contribution >= 4 is 43.6 Å². The summed E-state index contributed by atoms with van der Waals surface area (Å²) in [4.78, 5) is 10.7. The van der Waals surface area contributed by atoms with Crippen LogP contribution in [0.5, 0.6) is 0 Å². The van der Waals surface area contributed by atoms with Gasteiger partial charge in [-0.05, 0) is 83.3 Å². The molecule has 0 aliphatic rings. The Labute approximate surface area is 330 Å². The Morgan fingerprint density at radius 3 is 1.56 bits per heavy atom. The summed E-state index contributed by atoms with van der Waals surface area (Å²) in [6.07, 6.45) is 0. The van der Waals surface area contributed by atoms with Crippen molar-refractivity contribution in [2.24, 2.45) is 0 Å². The molecule has 0 aliphatic heterocycles. The van der Waals surface area contributed by atoms with Gasteiger partial charge in [-0.1, -0.05) is 152 Å². The highest BCUT2D eigenvalue weighted by atomic mass is 15.2. The van der Waals surface area contributed by atoms with Crippen molar-refractivity contribution in [1.29, 1.82) is 0 Å². The summed E-state index contributed by atoms with van der Waals surface area (Å²) in [5, 5.41) is 4.80. The zero-order valence-corrected chi connectivity index (χ0v) is 31.3. The molecule has 0 bridgehead atoms. The average molecular weight is 729 g/mol. The minimum atomic E-state index is 0.634. The van der Waals surface area contributed by atoms with Gasteiger partial charge in [0.1, 0.15) is 0 Å². The highest BCUT2D eigenvalue weighted by Crippen LogP contribution is 2.38. The molecule has 0 saturated heterocycles. The molecule has 4 heteroatoms. The monoisotopic (exact) mass is 728 g/mol. The molecule has 0 radical (unpaired) electrons. The molecule has 0 unspecified atom stereocenters. The van der Waals surface area contributed by atoms with E-state index in [0.717, 1.165) is 61.1 Å². The van der Waals surface area contributed by atoms with E-state index in [2.05, 4.69) is 210 Å². The van der Waals surface area contributed by atoms with Crippen LogP contribution >= 0.6 is 0 Å². The molecule has 4 nitrogen and oxygen atoms in total. The first kappa shape index (κ1) is 32.8. The maximum absolute atomic E-state index is 5.37. The summed E-state index contributed by atoms with van der Waals surface area (Å²) >= 11 is 0. The summed E-state index contributed by atoms with van der Waals surface area (Å²) in [6, 6.07) is 71.3. The summed E-state index contributed by atoms with van der Waals surface area (Å²) in [5.74, 6) is 0.634. The first-order valence-electron chi connectivity index (χ1n) is 19.4. The summed E-state index contributed by atoms with van der Waals surface area (Å²) < 4.78 is 4.61. The van der Waals surface area contributed by atoms with Crippen molar-refractivity contribution in [1.82, 2.24) is 19.1 Å². The Balaban J connectivity index is 1.08. The lowest BCUT2D eigenvalue weighted by Crippen LogP contribution is -2.04. The molecule has 0 atom stereocenters. The van der Waals surface area contributed by atoms with Gasteiger partial charge in [-0.25, -0.2) is 9.97 Å². The van der Waals surface area contributed by atoms with Gasteiger partial charge in [0.05, 0.1) is 33.5 Å². The number of benzene rings is 8. The molecule has 0 spiro atoms. The molecule has 11 rings (SSSR count). The van der Waals surface area contributed by atoms with Crippen LogP contribution in [0.15, 0.2) is 200 Å². The van der Waals surface area contributed by atoms with Gasteiger partial charge < -0.3 is 4.57 Å². The molecule has 0 N–H and O–H groups in total. The van der Waals surface area contributed by atoms with Gasteiger partial charge in [0.15, 0.2) is 0 Å². The van der Waals surface area contributed by atoms with E-state index in [-0.39, 0.29) is 0 Å². The third-order valence-corrected chi connectivity index (χ3v) is 11.3. The lowest BCUT2D eigenvalue weighted by Gasteiger charge is -2.13. The number of hydrogen-bond acceptors (Lipinski definition) is 2. The smallest absolute Gasteiger partial charge is 0.235 e. The SMILES string of the molecule is Cc1ccccc1-c1ccc(-c2cccc(-c3cc(-c4ccccc4)nc(-n4c5ccccc5c5cc(-n6c7ccccc7c7ccccc76)ccc54)n3)c2)cc1. The van der Waals surface area contributed by atoms with Crippen LogP contribution < -0.4 is 0 Å². The largest absolute Gasteiger partial charge is 0.309 e. The van der Waals surface area contributed by atoms with Crippen molar-refractivity contribution in [2.75, 3.05) is 0 Å². The lowest BCUT2D eigenvalue weighted by atomic mass is 9.96. The van der Waals surface area contributed by atoms with E-state index in [9.17, 15) is 0 Å². The third kappa shape index (κ3) is 5.53. The Kier molecular flexibility index (Phi) is 7.68. The molecular formula is C53H36N4. The lowest BCUT2D eigenvalue weighted by molar-refractivity contribution is 0.995. The van der Waals surface area contributed by atoms with E-state index < -0.39 is 0 Å². The fourth-order valence-corrected chi connectivity index (χ4v) is 8.55. The molecule has 3 aromatic heterocycles. The van der Waals surface area contributed by atoms with Crippen LogP contribution in [0.4, 0.5) is 0 Å². The molecule has 57 heavy (non-hydrogen) atoms. The normalized spacial score (nSPS) is 11.6. The molecule has 0 amide bonds. The Morgan fingerprint density at radius 2 is 0.860 bits per heavy atom. The van der Waals surface area contributed by atoms with Crippen LogP contribution in [0.25, 0.3) is 100 Å². The summed E-state index contributed by atoms with van der Waals surface area (Å²) in [5.41, 5.74) is 15.5. The van der Waals surface area contributed by atoms with Crippen molar-refractivity contribution in [3.05, 3.63) is 206 Å². The second-order valence-corrected chi connectivity index (χ2v) is 14.7. The number of hydrogen-bond donors (Lipinski definition) is 0. The van der Waals surface area contributed by atoms with Crippen molar-refractivity contribution in [3.8, 4) is 56.4 Å². The maximum atomic E-state index is 5.37. The fourth-order valence-electron chi connectivity index (χ4n) is 8.55. The molecule has 8 aromatic carbocycles. The van der Waals surface area contributed by atoms with E-state index in [0.29, 0.717) is 5.95 Å². The highest BCUT2D eigenvalue weighted by Gasteiger charge is 2.19. The van der Waals surface area contributed by atoms with Gasteiger partial charge >= 0.3 is 0 Å².